The quantitative estimate of drug-likeness (QED) is 0.314. The summed E-state index contributed by atoms with van der Waals surface area (Å²) in [5, 5.41) is 0. The van der Waals surface area contributed by atoms with Crippen LogP contribution in [0.4, 0.5) is 0 Å². The molecular weight excluding hydrogens is 396 g/mol. The summed E-state index contributed by atoms with van der Waals surface area (Å²) in [5.41, 5.74) is 1.47. The fourth-order valence-corrected chi connectivity index (χ4v) is 4.20. The highest BCUT2D eigenvalue weighted by Gasteiger charge is 2.12. The van der Waals surface area contributed by atoms with E-state index in [0.29, 0.717) is 30.1 Å². The number of fused-ring (bicyclic) bond motifs is 1. The largest absolute Gasteiger partial charge is 0.494 e. The molecule has 0 bridgehead atoms. The molecule has 6 heteroatoms. The van der Waals surface area contributed by atoms with E-state index in [1.165, 1.54) is 11.3 Å². The van der Waals surface area contributed by atoms with Crippen LogP contribution in [-0.4, -0.2) is 23.7 Å². The number of thiazole rings is 1. The summed E-state index contributed by atoms with van der Waals surface area (Å²) < 4.78 is 14.5. The van der Waals surface area contributed by atoms with E-state index < -0.39 is 0 Å². The summed E-state index contributed by atoms with van der Waals surface area (Å²) in [5.74, 6) is 1.27. The number of amides is 1. The number of hydrogen-bond acceptors (Lipinski definition) is 4. The number of carbonyl (C=O) groups is 1. The third kappa shape index (κ3) is 5.19. The molecule has 30 heavy (non-hydrogen) atoms. The molecule has 0 spiro atoms. The molecule has 0 saturated heterocycles. The van der Waals surface area contributed by atoms with E-state index in [0.717, 1.165) is 41.0 Å². The van der Waals surface area contributed by atoms with Crippen LogP contribution >= 0.6 is 11.3 Å². The van der Waals surface area contributed by atoms with Crippen molar-refractivity contribution in [3.8, 4) is 11.5 Å². The maximum Gasteiger partial charge on any atom is 0.279 e. The predicted molar refractivity (Wildman–Crippen MR) is 123 cm³/mol. The van der Waals surface area contributed by atoms with Crippen molar-refractivity contribution >= 4 is 27.5 Å². The minimum Gasteiger partial charge on any atom is -0.494 e. The zero-order valence-corrected chi connectivity index (χ0v) is 18.4. The molecule has 2 aromatic carbocycles. The molecule has 0 saturated carbocycles. The zero-order valence-electron chi connectivity index (χ0n) is 17.6. The number of unbranched alkanes of at least 4 members (excludes halogenated alkanes) is 2. The summed E-state index contributed by atoms with van der Waals surface area (Å²) in [6.45, 7) is 9.77. The Kier molecular flexibility index (Phi) is 7.85. The second kappa shape index (κ2) is 10.8. The first kappa shape index (κ1) is 21.8. The molecule has 5 nitrogen and oxygen atoms in total. The third-order valence-electron chi connectivity index (χ3n) is 4.59. The highest BCUT2D eigenvalue weighted by atomic mass is 32.1. The van der Waals surface area contributed by atoms with Crippen LogP contribution < -0.4 is 14.3 Å². The van der Waals surface area contributed by atoms with Gasteiger partial charge in [0.05, 0.1) is 17.9 Å². The van der Waals surface area contributed by atoms with E-state index in [-0.39, 0.29) is 5.91 Å². The second-order valence-corrected chi connectivity index (χ2v) is 7.83. The molecule has 0 fully saturated rings. The fourth-order valence-electron chi connectivity index (χ4n) is 3.14. The van der Waals surface area contributed by atoms with E-state index in [4.69, 9.17) is 9.47 Å². The molecular formula is C24H28N2O3S. The van der Waals surface area contributed by atoms with Gasteiger partial charge >= 0.3 is 0 Å². The first-order valence-electron chi connectivity index (χ1n) is 10.4. The molecule has 3 rings (SSSR count). The normalized spacial score (nSPS) is 11.6. The number of allylic oxidation sites excluding steroid dienone is 1. The van der Waals surface area contributed by atoms with Crippen LogP contribution in [0.2, 0.25) is 0 Å². The van der Waals surface area contributed by atoms with Gasteiger partial charge in [-0.15, -0.1) is 6.58 Å². The molecule has 1 aromatic heterocycles. The first-order chi connectivity index (χ1) is 14.7. The number of ether oxygens (including phenoxy) is 2. The van der Waals surface area contributed by atoms with Crippen LogP contribution in [-0.2, 0) is 6.54 Å². The number of carbonyl (C=O) groups excluding carboxylic acids is 1. The Morgan fingerprint density at radius 2 is 1.93 bits per heavy atom. The molecule has 1 amide bonds. The third-order valence-corrected chi connectivity index (χ3v) is 5.63. The second-order valence-electron chi connectivity index (χ2n) is 6.82. The van der Waals surface area contributed by atoms with Crippen LogP contribution in [0.15, 0.2) is 60.1 Å². The van der Waals surface area contributed by atoms with E-state index in [9.17, 15) is 4.79 Å². The molecule has 0 aliphatic rings. The van der Waals surface area contributed by atoms with Crippen molar-refractivity contribution in [2.24, 2.45) is 4.99 Å². The molecule has 0 atom stereocenters. The Labute approximate surface area is 181 Å². The summed E-state index contributed by atoms with van der Waals surface area (Å²) >= 11 is 1.47. The summed E-state index contributed by atoms with van der Waals surface area (Å²) in [6.07, 6.45) is 5.14. The molecule has 0 aliphatic carbocycles. The smallest absolute Gasteiger partial charge is 0.279 e. The Morgan fingerprint density at radius 3 is 2.63 bits per heavy atom. The number of aromatic nitrogens is 1. The summed E-state index contributed by atoms with van der Waals surface area (Å²) in [7, 11) is 0. The molecule has 0 radical (unpaired) electrons. The number of benzene rings is 2. The Balaban J connectivity index is 1.88. The van der Waals surface area contributed by atoms with Crippen LogP contribution in [0, 0.1) is 0 Å². The lowest BCUT2D eigenvalue weighted by Gasteiger charge is -2.08. The lowest BCUT2D eigenvalue weighted by molar-refractivity contribution is 0.0998. The topological polar surface area (TPSA) is 52.8 Å². The SMILES string of the molecule is C=CCn1c(=NC(=O)c2ccc(OCCCCC)cc2)sc2cccc(OCC)c21. The monoisotopic (exact) mass is 424 g/mol. The van der Waals surface area contributed by atoms with E-state index >= 15 is 0 Å². The molecule has 0 N–H and O–H groups in total. The molecule has 0 unspecified atom stereocenters. The van der Waals surface area contributed by atoms with Gasteiger partial charge in [0.25, 0.3) is 5.91 Å². The Bertz CT molecular complexity index is 1060. The summed E-state index contributed by atoms with van der Waals surface area (Å²) in [4.78, 5) is 17.8. The zero-order chi connectivity index (χ0) is 21.3. The molecule has 158 valence electrons. The van der Waals surface area contributed by atoms with Crippen molar-refractivity contribution in [1.29, 1.82) is 0 Å². The maximum atomic E-state index is 12.8. The lowest BCUT2D eigenvalue weighted by Crippen LogP contribution is -2.16. The van der Waals surface area contributed by atoms with E-state index in [1.807, 2.05) is 41.8 Å². The minimum absolute atomic E-state index is 0.283. The van der Waals surface area contributed by atoms with Gasteiger partial charge < -0.3 is 14.0 Å². The van der Waals surface area contributed by atoms with Gasteiger partial charge in [-0.2, -0.15) is 4.99 Å². The van der Waals surface area contributed by atoms with Crippen molar-refractivity contribution in [3.05, 3.63) is 65.5 Å². The van der Waals surface area contributed by atoms with Crippen LogP contribution in [0.1, 0.15) is 43.5 Å². The van der Waals surface area contributed by atoms with Gasteiger partial charge in [-0.25, -0.2) is 0 Å². The number of para-hydroxylation sites is 1. The van der Waals surface area contributed by atoms with Gasteiger partial charge in [0.1, 0.15) is 17.0 Å². The average molecular weight is 425 g/mol. The van der Waals surface area contributed by atoms with Gasteiger partial charge in [-0.3, -0.25) is 4.79 Å². The van der Waals surface area contributed by atoms with Crippen LogP contribution in [0.3, 0.4) is 0 Å². The van der Waals surface area contributed by atoms with Crippen molar-refractivity contribution in [2.45, 2.75) is 39.7 Å². The van der Waals surface area contributed by atoms with Gasteiger partial charge in [-0.05, 0) is 49.7 Å². The van der Waals surface area contributed by atoms with Gasteiger partial charge in [0.2, 0.25) is 0 Å². The van der Waals surface area contributed by atoms with Gasteiger partial charge in [0.15, 0.2) is 4.80 Å². The number of rotatable bonds is 10. The number of nitrogens with zero attached hydrogens (tertiary/aromatic N) is 2. The fraction of sp³-hybridized carbons (Fsp3) is 0.333. The van der Waals surface area contributed by atoms with Gasteiger partial charge in [0, 0.05) is 12.1 Å². The van der Waals surface area contributed by atoms with Crippen LogP contribution in [0.5, 0.6) is 11.5 Å². The lowest BCUT2D eigenvalue weighted by atomic mass is 10.2. The minimum atomic E-state index is -0.283. The average Bonchev–Trinajstić information content (AvgIpc) is 3.10. The first-order valence-corrected chi connectivity index (χ1v) is 11.2. The molecule has 0 aliphatic heterocycles. The summed E-state index contributed by atoms with van der Waals surface area (Å²) in [6, 6.07) is 13.1. The highest BCUT2D eigenvalue weighted by molar-refractivity contribution is 7.16. The predicted octanol–water partition coefficient (Wildman–Crippen LogP) is 5.60. The van der Waals surface area contributed by atoms with Crippen molar-refractivity contribution in [2.75, 3.05) is 13.2 Å². The number of hydrogen-bond donors (Lipinski definition) is 0. The van der Waals surface area contributed by atoms with E-state index in [1.54, 1.807) is 18.2 Å². The van der Waals surface area contributed by atoms with Gasteiger partial charge in [-0.1, -0.05) is 43.2 Å². The van der Waals surface area contributed by atoms with Crippen molar-refractivity contribution < 1.29 is 14.3 Å². The molecule has 1 heterocycles. The molecule has 3 aromatic rings. The van der Waals surface area contributed by atoms with E-state index in [2.05, 4.69) is 18.5 Å². The van der Waals surface area contributed by atoms with Crippen molar-refractivity contribution in [3.63, 3.8) is 0 Å². The Hall–Kier alpha value is -2.86. The standard InChI is InChI=1S/C24H28N2O3S/c1-4-7-8-17-29-19-14-12-18(13-15-19)23(27)25-24-26(16-5-2)22-20(28-6-3)10-9-11-21(22)30-24/h5,9-15H,2,4,6-8,16-17H2,1,3H3. The highest BCUT2D eigenvalue weighted by Crippen LogP contribution is 2.27. The van der Waals surface area contributed by atoms with Crippen molar-refractivity contribution in [1.82, 2.24) is 4.57 Å². The Morgan fingerprint density at radius 1 is 1.13 bits per heavy atom. The van der Waals surface area contributed by atoms with Crippen LogP contribution in [0.25, 0.3) is 10.2 Å². The maximum absolute atomic E-state index is 12.8.